The molecule has 1 saturated heterocycles. The number of hydrogen-bond acceptors (Lipinski definition) is 6. The van der Waals surface area contributed by atoms with Crippen molar-refractivity contribution in [3.05, 3.63) is 82.6 Å². The second-order valence-electron chi connectivity index (χ2n) is 9.07. The Morgan fingerprint density at radius 2 is 1.89 bits per heavy atom. The number of rotatable bonds is 9. The second kappa shape index (κ2) is 11.9. The molecule has 194 valence electrons. The quantitative estimate of drug-likeness (QED) is 0.413. The Morgan fingerprint density at radius 3 is 2.54 bits per heavy atom. The first-order valence-electron chi connectivity index (χ1n) is 12.4. The SMILES string of the molecule is COC(=O)C1=C(C)N([C@@H](C)c2ccccc2)C(=O)/C1=C\c1ccc(OCC(=O)NC[C@H]2CCCO2)cc1. The predicted molar refractivity (Wildman–Crippen MR) is 138 cm³/mol. The smallest absolute Gasteiger partial charge is 0.340 e. The number of benzene rings is 2. The van der Waals surface area contributed by atoms with Gasteiger partial charge < -0.3 is 24.4 Å². The van der Waals surface area contributed by atoms with E-state index >= 15 is 0 Å². The van der Waals surface area contributed by atoms with Crippen LogP contribution in [0.3, 0.4) is 0 Å². The number of hydrogen-bond donors (Lipinski definition) is 1. The molecule has 1 N–H and O–H groups in total. The molecule has 2 heterocycles. The van der Waals surface area contributed by atoms with Crippen LogP contribution in [0.5, 0.6) is 5.75 Å². The monoisotopic (exact) mass is 504 g/mol. The predicted octanol–water partition coefficient (Wildman–Crippen LogP) is 3.79. The molecular weight excluding hydrogens is 472 g/mol. The maximum absolute atomic E-state index is 13.5. The number of allylic oxidation sites excluding steroid dienone is 1. The minimum absolute atomic E-state index is 0.0775. The highest BCUT2D eigenvalue weighted by Crippen LogP contribution is 2.37. The minimum Gasteiger partial charge on any atom is -0.484 e. The molecule has 8 heteroatoms. The van der Waals surface area contributed by atoms with Crippen molar-refractivity contribution in [2.24, 2.45) is 0 Å². The van der Waals surface area contributed by atoms with Crippen LogP contribution < -0.4 is 10.1 Å². The van der Waals surface area contributed by atoms with E-state index in [0.717, 1.165) is 25.0 Å². The van der Waals surface area contributed by atoms with Gasteiger partial charge in [-0.3, -0.25) is 9.59 Å². The van der Waals surface area contributed by atoms with Crippen molar-refractivity contribution in [1.82, 2.24) is 10.2 Å². The summed E-state index contributed by atoms with van der Waals surface area (Å²) >= 11 is 0. The van der Waals surface area contributed by atoms with Gasteiger partial charge in [0.25, 0.3) is 11.8 Å². The topological polar surface area (TPSA) is 94.2 Å². The van der Waals surface area contributed by atoms with Crippen molar-refractivity contribution < 1.29 is 28.6 Å². The number of methoxy groups -OCH3 is 1. The first-order chi connectivity index (χ1) is 17.9. The number of nitrogens with zero attached hydrogens (tertiary/aromatic N) is 1. The van der Waals surface area contributed by atoms with Crippen molar-refractivity contribution in [2.45, 2.75) is 38.8 Å². The van der Waals surface area contributed by atoms with Crippen molar-refractivity contribution in [1.29, 1.82) is 0 Å². The van der Waals surface area contributed by atoms with E-state index in [-0.39, 0.29) is 41.7 Å². The van der Waals surface area contributed by atoms with Gasteiger partial charge in [0.1, 0.15) is 5.75 Å². The second-order valence-corrected chi connectivity index (χ2v) is 9.07. The highest BCUT2D eigenvalue weighted by molar-refractivity contribution is 6.16. The standard InChI is InChI=1S/C29H32N2O6/c1-19(22-8-5-4-6-9-22)31-20(2)27(29(34)35-3)25(28(31)33)16-21-11-13-23(14-12-21)37-18-26(32)30-17-24-10-7-15-36-24/h4-6,8-9,11-14,16,19,24H,7,10,15,17-18H2,1-3H3,(H,30,32)/b25-16-/t19-,24+/m0/s1. The molecule has 37 heavy (non-hydrogen) atoms. The van der Waals surface area contributed by atoms with E-state index in [1.165, 1.54) is 7.11 Å². The first kappa shape index (κ1) is 26.2. The van der Waals surface area contributed by atoms with E-state index in [0.29, 0.717) is 23.6 Å². The van der Waals surface area contributed by atoms with Crippen molar-refractivity contribution >= 4 is 23.9 Å². The summed E-state index contributed by atoms with van der Waals surface area (Å²) in [6, 6.07) is 16.4. The average molecular weight is 505 g/mol. The van der Waals surface area contributed by atoms with Gasteiger partial charge in [0.2, 0.25) is 0 Å². The molecule has 4 rings (SSSR count). The average Bonchev–Trinajstić information content (AvgIpc) is 3.53. The van der Waals surface area contributed by atoms with Gasteiger partial charge in [0, 0.05) is 18.8 Å². The molecule has 0 spiro atoms. The molecule has 0 unspecified atom stereocenters. The lowest BCUT2D eigenvalue weighted by molar-refractivity contribution is -0.136. The van der Waals surface area contributed by atoms with Crippen LogP contribution >= 0.6 is 0 Å². The van der Waals surface area contributed by atoms with Gasteiger partial charge in [0.05, 0.1) is 30.4 Å². The van der Waals surface area contributed by atoms with E-state index in [1.54, 1.807) is 42.2 Å². The molecule has 2 aromatic rings. The fourth-order valence-corrected chi connectivity index (χ4v) is 4.60. The molecule has 1 fully saturated rings. The van der Waals surface area contributed by atoms with E-state index < -0.39 is 5.97 Å². The van der Waals surface area contributed by atoms with Gasteiger partial charge in [-0.25, -0.2) is 4.79 Å². The molecule has 0 bridgehead atoms. The molecule has 2 aromatic carbocycles. The summed E-state index contributed by atoms with van der Waals surface area (Å²) in [5, 5.41) is 2.82. The third-order valence-electron chi connectivity index (χ3n) is 6.61. The van der Waals surface area contributed by atoms with Crippen LogP contribution in [0.25, 0.3) is 6.08 Å². The lowest BCUT2D eigenvalue weighted by Gasteiger charge is -2.26. The summed E-state index contributed by atoms with van der Waals surface area (Å²) in [6.07, 6.45) is 3.73. The Balaban J connectivity index is 1.46. The lowest BCUT2D eigenvalue weighted by atomic mass is 10.0. The lowest BCUT2D eigenvalue weighted by Crippen LogP contribution is -2.35. The molecular formula is C29H32N2O6. The molecule has 0 radical (unpaired) electrons. The van der Waals surface area contributed by atoms with Crippen molar-refractivity contribution in [3.63, 3.8) is 0 Å². The maximum atomic E-state index is 13.5. The molecule has 0 saturated carbocycles. The molecule has 0 aromatic heterocycles. The van der Waals surface area contributed by atoms with Gasteiger partial charge in [0.15, 0.2) is 6.61 Å². The Hall–Kier alpha value is -3.91. The third kappa shape index (κ3) is 6.09. The molecule has 0 aliphatic carbocycles. The zero-order valence-electron chi connectivity index (χ0n) is 21.4. The number of amides is 2. The van der Waals surface area contributed by atoms with Crippen LogP contribution in [-0.4, -0.2) is 55.7 Å². The van der Waals surface area contributed by atoms with Crippen LogP contribution in [0.2, 0.25) is 0 Å². The van der Waals surface area contributed by atoms with Crippen LogP contribution in [0.1, 0.15) is 43.9 Å². The molecule has 8 nitrogen and oxygen atoms in total. The molecule has 2 amide bonds. The number of esters is 1. The Bertz CT molecular complexity index is 1200. The Morgan fingerprint density at radius 1 is 1.16 bits per heavy atom. The van der Waals surface area contributed by atoms with Gasteiger partial charge in [-0.15, -0.1) is 0 Å². The number of ether oxygens (including phenoxy) is 3. The van der Waals surface area contributed by atoms with Gasteiger partial charge in [-0.2, -0.15) is 0 Å². The third-order valence-corrected chi connectivity index (χ3v) is 6.61. The molecule has 2 aliphatic heterocycles. The van der Waals surface area contributed by atoms with Crippen LogP contribution in [-0.2, 0) is 23.9 Å². The minimum atomic E-state index is -0.561. The zero-order valence-corrected chi connectivity index (χ0v) is 21.4. The highest BCUT2D eigenvalue weighted by atomic mass is 16.5. The Labute approximate surface area is 216 Å². The fraction of sp³-hybridized carbons (Fsp3) is 0.345. The van der Waals surface area contributed by atoms with Crippen LogP contribution in [0.15, 0.2) is 71.4 Å². The van der Waals surface area contributed by atoms with E-state index in [4.69, 9.17) is 14.2 Å². The van der Waals surface area contributed by atoms with Gasteiger partial charge >= 0.3 is 5.97 Å². The summed E-state index contributed by atoms with van der Waals surface area (Å²) in [7, 11) is 1.30. The summed E-state index contributed by atoms with van der Waals surface area (Å²) in [5.41, 5.74) is 2.74. The van der Waals surface area contributed by atoms with Crippen molar-refractivity contribution in [3.8, 4) is 5.75 Å². The van der Waals surface area contributed by atoms with Gasteiger partial charge in [-0.05, 0) is 56.0 Å². The van der Waals surface area contributed by atoms with Crippen LogP contribution in [0, 0.1) is 0 Å². The number of nitrogens with one attached hydrogen (secondary N) is 1. The van der Waals surface area contributed by atoms with Gasteiger partial charge in [-0.1, -0.05) is 42.5 Å². The Kier molecular flexibility index (Phi) is 8.40. The summed E-state index contributed by atoms with van der Waals surface area (Å²) in [6.45, 7) is 4.80. The van der Waals surface area contributed by atoms with Crippen molar-refractivity contribution in [2.75, 3.05) is 26.9 Å². The first-order valence-corrected chi connectivity index (χ1v) is 12.4. The molecule has 2 atom stereocenters. The number of carbonyl (C=O) groups excluding carboxylic acids is 3. The van der Waals surface area contributed by atoms with E-state index in [1.807, 2.05) is 37.3 Å². The molecule has 2 aliphatic rings. The normalized spacial score (nSPS) is 19.3. The zero-order chi connectivity index (χ0) is 26.4. The summed E-state index contributed by atoms with van der Waals surface area (Å²) in [5.74, 6) is -0.521. The van der Waals surface area contributed by atoms with E-state index in [2.05, 4.69) is 5.32 Å². The summed E-state index contributed by atoms with van der Waals surface area (Å²) < 4.78 is 16.1. The van der Waals surface area contributed by atoms with Crippen LogP contribution in [0.4, 0.5) is 0 Å². The number of carbonyl (C=O) groups is 3. The van der Waals surface area contributed by atoms with E-state index in [9.17, 15) is 14.4 Å². The fourth-order valence-electron chi connectivity index (χ4n) is 4.60. The maximum Gasteiger partial charge on any atom is 0.340 e. The largest absolute Gasteiger partial charge is 0.484 e. The highest BCUT2D eigenvalue weighted by Gasteiger charge is 2.39. The summed E-state index contributed by atoms with van der Waals surface area (Å²) in [4.78, 5) is 39.8.